The number of methoxy groups -OCH3 is 1. The van der Waals surface area contributed by atoms with E-state index in [1.807, 2.05) is 30.4 Å². The average molecular weight is 262 g/mol. The molecule has 19 heavy (non-hydrogen) atoms. The van der Waals surface area contributed by atoms with Crippen LogP contribution in [-0.2, 0) is 0 Å². The van der Waals surface area contributed by atoms with Gasteiger partial charge in [0.25, 0.3) is 0 Å². The first-order valence-electron chi connectivity index (χ1n) is 6.62. The van der Waals surface area contributed by atoms with Gasteiger partial charge < -0.3 is 20.1 Å². The van der Waals surface area contributed by atoms with Crippen molar-refractivity contribution in [1.82, 2.24) is 4.90 Å². The van der Waals surface area contributed by atoms with E-state index in [4.69, 9.17) is 15.2 Å². The third-order valence-electron chi connectivity index (χ3n) is 3.28. The molecule has 1 atom stereocenters. The fourth-order valence-electron chi connectivity index (χ4n) is 2.26. The van der Waals surface area contributed by atoms with Gasteiger partial charge in [-0.3, -0.25) is 0 Å². The summed E-state index contributed by atoms with van der Waals surface area (Å²) in [6.07, 6.45) is 5.22. The topological polar surface area (TPSA) is 47.7 Å². The number of nitrogens with two attached hydrogens (primary N) is 1. The highest BCUT2D eigenvalue weighted by molar-refractivity contribution is 5.56. The zero-order valence-corrected chi connectivity index (χ0v) is 11.6. The van der Waals surface area contributed by atoms with Gasteiger partial charge in [-0.05, 0) is 31.2 Å². The highest BCUT2D eigenvalue weighted by Gasteiger charge is 2.22. The van der Waals surface area contributed by atoms with Crippen molar-refractivity contribution >= 4 is 6.08 Å². The molecule has 1 heterocycles. The van der Waals surface area contributed by atoms with Crippen molar-refractivity contribution in [2.24, 2.45) is 5.73 Å². The molecule has 2 N–H and O–H groups in total. The summed E-state index contributed by atoms with van der Waals surface area (Å²) in [7, 11) is 3.78. The Kier molecular flexibility index (Phi) is 4.82. The van der Waals surface area contributed by atoms with E-state index >= 15 is 0 Å². The fourth-order valence-corrected chi connectivity index (χ4v) is 2.26. The van der Waals surface area contributed by atoms with E-state index < -0.39 is 0 Å². The zero-order valence-electron chi connectivity index (χ0n) is 11.6. The first-order chi connectivity index (χ1) is 9.22. The van der Waals surface area contributed by atoms with Crippen molar-refractivity contribution in [3.8, 4) is 11.5 Å². The Labute approximate surface area is 114 Å². The number of rotatable bonds is 5. The van der Waals surface area contributed by atoms with Crippen LogP contribution < -0.4 is 15.2 Å². The first-order valence-corrected chi connectivity index (χ1v) is 6.62. The highest BCUT2D eigenvalue weighted by Crippen LogP contribution is 2.30. The second-order valence-corrected chi connectivity index (χ2v) is 4.84. The Morgan fingerprint density at radius 3 is 2.89 bits per heavy atom. The van der Waals surface area contributed by atoms with Gasteiger partial charge >= 0.3 is 0 Å². The van der Waals surface area contributed by atoms with E-state index in [9.17, 15) is 0 Å². The molecule has 0 aliphatic carbocycles. The molecular formula is C15H22N2O2. The van der Waals surface area contributed by atoms with E-state index in [1.54, 1.807) is 7.11 Å². The Hall–Kier alpha value is -1.52. The van der Waals surface area contributed by atoms with Gasteiger partial charge in [-0.25, -0.2) is 0 Å². The molecule has 104 valence electrons. The summed E-state index contributed by atoms with van der Waals surface area (Å²) >= 11 is 0. The Balaban J connectivity index is 2.14. The van der Waals surface area contributed by atoms with Gasteiger partial charge in [-0.15, -0.1) is 0 Å². The molecule has 0 amide bonds. The molecule has 1 aromatic carbocycles. The van der Waals surface area contributed by atoms with Crippen molar-refractivity contribution in [2.75, 3.05) is 33.8 Å². The van der Waals surface area contributed by atoms with Gasteiger partial charge in [0.2, 0.25) is 0 Å². The molecule has 2 rings (SSSR count). The zero-order chi connectivity index (χ0) is 13.7. The van der Waals surface area contributed by atoms with Crippen molar-refractivity contribution in [3.63, 3.8) is 0 Å². The van der Waals surface area contributed by atoms with Crippen molar-refractivity contribution in [1.29, 1.82) is 0 Å². The summed E-state index contributed by atoms with van der Waals surface area (Å²) in [5.74, 6) is 1.58. The van der Waals surface area contributed by atoms with Gasteiger partial charge in [0.15, 0.2) is 11.5 Å². The Morgan fingerprint density at radius 2 is 2.26 bits per heavy atom. The normalized spacial score (nSPS) is 20.1. The molecule has 0 radical (unpaired) electrons. The predicted molar refractivity (Wildman–Crippen MR) is 77.6 cm³/mol. The molecule has 1 aromatic rings. The Bertz CT molecular complexity index is 446. The van der Waals surface area contributed by atoms with E-state index in [2.05, 4.69) is 11.9 Å². The lowest BCUT2D eigenvalue weighted by atomic mass is 10.2. The van der Waals surface area contributed by atoms with Crippen LogP contribution >= 0.6 is 0 Å². The minimum Gasteiger partial charge on any atom is -0.493 e. The van der Waals surface area contributed by atoms with Gasteiger partial charge in [0, 0.05) is 19.6 Å². The molecular weight excluding hydrogens is 240 g/mol. The Morgan fingerprint density at radius 1 is 1.42 bits per heavy atom. The second-order valence-electron chi connectivity index (χ2n) is 4.84. The van der Waals surface area contributed by atoms with E-state index in [0.29, 0.717) is 6.54 Å². The van der Waals surface area contributed by atoms with Crippen LogP contribution in [0.15, 0.2) is 24.3 Å². The van der Waals surface area contributed by atoms with Crippen LogP contribution in [0.4, 0.5) is 0 Å². The largest absolute Gasteiger partial charge is 0.493 e. The van der Waals surface area contributed by atoms with E-state index in [1.165, 1.54) is 0 Å². The molecule has 1 fully saturated rings. The van der Waals surface area contributed by atoms with Gasteiger partial charge in [0.1, 0.15) is 6.10 Å². The second kappa shape index (κ2) is 6.59. The lowest BCUT2D eigenvalue weighted by molar-refractivity contribution is 0.199. The van der Waals surface area contributed by atoms with Gasteiger partial charge in [-0.2, -0.15) is 0 Å². The minimum atomic E-state index is 0.243. The molecule has 1 aliphatic heterocycles. The van der Waals surface area contributed by atoms with E-state index in [0.717, 1.165) is 36.6 Å². The van der Waals surface area contributed by atoms with Crippen molar-refractivity contribution in [3.05, 3.63) is 29.8 Å². The summed E-state index contributed by atoms with van der Waals surface area (Å²) in [6, 6.07) is 5.94. The van der Waals surface area contributed by atoms with Crippen molar-refractivity contribution < 1.29 is 9.47 Å². The average Bonchev–Trinajstić information content (AvgIpc) is 2.82. The third-order valence-corrected chi connectivity index (χ3v) is 3.28. The van der Waals surface area contributed by atoms with Crippen LogP contribution in [0.25, 0.3) is 6.08 Å². The smallest absolute Gasteiger partial charge is 0.162 e. The highest BCUT2D eigenvalue weighted by atomic mass is 16.5. The molecule has 1 unspecified atom stereocenters. The summed E-state index contributed by atoms with van der Waals surface area (Å²) in [4.78, 5) is 2.27. The summed E-state index contributed by atoms with van der Waals surface area (Å²) in [5, 5.41) is 0. The van der Waals surface area contributed by atoms with Crippen LogP contribution in [0.3, 0.4) is 0 Å². The van der Waals surface area contributed by atoms with Crippen LogP contribution in [0.5, 0.6) is 11.5 Å². The predicted octanol–water partition coefficient (Wildman–Crippen LogP) is 1.75. The number of nitrogens with zero attached hydrogens (tertiary/aromatic N) is 1. The number of likely N-dealkylation sites (N-methyl/N-ethyl adjacent to an activating group) is 1. The van der Waals surface area contributed by atoms with Crippen LogP contribution in [0, 0.1) is 0 Å². The lowest BCUT2D eigenvalue weighted by Gasteiger charge is -2.16. The molecule has 4 nitrogen and oxygen atoms in total. The number of hydrogen-bond acceptors (Lipinski definition) is 4. The molecule has 0 aromatic heterocycles. The number of hydrogen-bond donors (Lipinski definition) is 1. The van der Waals surface area contributed by atoms with Crippen LogP contribution in [0.2, 0.25) is 0 Å². The maximum absolute atomic E-state index is 6.06. The molecule has 0 bridgehead atoms. The first kappa shape index (κ1) is 13.9. The minimum absolute atomic E-state index is 0.243. The maximum atomic E-state index is 6.06. The quantitative estimate of drug-likeness (QED) is 0.878. The molecule has 4 heteroatoms. The molecule has 0 spiro atoms. The maximum Gasteiger partial charge on any atom is 0.162 e. The monoisotopic (exact) mass is 262 g/mol. The number of ether oxygens (including phenoxy) is 2. The van der Waals surface area contributed by atoms with Crippen LogP contribution in [0.1, 0.15) is 12.0 Å². The third kappa shape index (κ3) is 3.72. The summed E-state index contributed by atoms with van der Waals surface area (Å²) in [5.41, 5.74) is 6.55. The summed E-state index contributed by atoms with van der Waals surface area (Å²) in [6.45, 7) is 2.58. The fraction of sp³-hybridized carbons (Fsp3) is 0.467. The summed E-state index contributed by atoms with van der Waals surface area (Å²) < 4.78 is 11.4. The lowest BCUT2D eigenvalue weighted by Crippen LogP contribution is -2.21. The van der Waals surface area contributed by atoms with Gasteiger partial charge in [0.05, 0.1) is 7.11 Å². The van der Waals surface area contributed by atoms with Crippen LogP contribution in [-0.4, -0.2) is 44.8 Å². The SMILES string of the molecule is COc1ccc(/C=C/CN)cc1OC1CCN(C)C1. The molecule has 1 saturated heterocycles. The number of likely N-dealkylation sites (tertiary alicyclic amines) is 1. The van der Waals surface area contributed by atoms with E-state index in [-0.39, 0.29) is 6.10 Å². The van der Waals surface area contributed by atoms with Crippen molar-refractivity contribution in [2.45, 2.75) is 12.5 Å². The standard InChI is InChI=1S/C15H22N2O2/c1-17-9-7-13(11-17)19-15-10-12(4-3-8-16)5-6-14(15)18-2/h3-6,10,13H,7-9,11,16H2,1-2H3/b4-3+. The molecule has 0 saturated carbocycles. The number of benzene rings is 1. The van der Waals surface area contributed by atoms with Gasteiger partial charge in [-0.1, -0.05) is 18.2 Å². The molecule has 1 aliphatic rings.